The Morgan fingerprint density at radius 1 is 0.897 bits per heavy atom. The Hall–Kier alpha value is -3.86. The SMILES string of the molecule is C=N/C(=C(/NC(=O)c1ccc(OC)cc1)OCc1ccccc1)c1ccccc1. The summed E-state index contributed by atoms with van der Waals surface area (Å²) in [7, 11) is 1.58. The summed E-state index contributed by atoms with van der Waals surface area (Å²) in [5.74, 6) is 0.610. The van der Waals surface area contributed by atoms with Gasteiger partial charge >= 0.3 is 0 Å². The first-order chi connectivity index (χ1) is 14.2. The molecule has 0 heterocycles. The molecule has 3 aromatic rings. The van der Waals surface area contributed by atoms with E-state index in [2.05, 4.69) is 17.0 Å². The predicted octanol–water partition coefficient (Wildman–Crippen LogP) is 4.67. The van der Waals surface area contributed by atoms with Crippen LogP contribution in [0.5, 0.6) is 5.75 Å². The Morgan fingerprint density at radius 3 is 2.10 bits per heavy atom. The van der Waals surface area contributed by atoms with Crippen molar-refractivity contribution in [3.63, 3.8) is 0 Å². The molecular formula is C24H22N2O3. The van der Waals surface area contributed by atoms with Gasteiger partial charge in [0.25, 0.3) is 5.91 Å². The van der Waals surface area contributed by atoms with Gasteiger partial charge in [-0.2, -0.15) is 0 Å². The fourth-order valence-corrected chi connectivity index (χ4v) is 2.70. The molecule has 0 unspecified atom stereocenters. The molecule has 0 spiro atoms. The summed E-state index contributed by atoms with van der Waals surface area (Å²) in [5.41, 5.74) is 2.70. The minimum Gasteiger partial charge on any atom is -0.497 e. The van der Waals surface area contributed by atoms with Crippen molar-refractivity contribution in [2.75, 3.05) is 7.11 Å². The third-order valence-corrected chi connectivity index (χ3v) is 4.23. The van der Waals surface area contributed by atoms with Gasteiger partial charge in [-0.1, -0.05) is 60.7 Å². The second kappa shape index (κ2) is 9.90. The molecule has 0 aromatic heterocycles. The van der Waals surface area contributed by atoms with E-state index in [0.29, 0.717) is 17.0 Å². The van der Waals surface area contributed by atoms with E-state index in [4.69, 9.17) is 9.47 Å². The van der Waals surface area contributed by atoms with E-state index in [1.807, 2.05) is 60.7 Å². The molecule has 0 fully saturated rings. The van der Waals surface area contributed by atoms with Crippen LogP contribution in [0.2, 0.25) is 0 Å². The largest absolute Gasteiger partial charge is 0.497 e. The Morgan fingerprint density at radius 2 is 1.52 bits per heavy atom. The van der Waals surface area contributed by atoms with Crippen LogP contribution in [0.1, 0.15) is 21.5 Å². The van der Waals surface area contributed by atoms with Crippen molar-refractivity contribution >= 4 is 18.3 Å². The van der Waals surface area contributed by atoms with Gasteiger partial charge in [0, 0.05) is 11.1 Å². The molecule has 5 nitrogen and oxygen atoms in total. The highest BCUT2D eigenvalue weighted by atomic mass is 16.5. The summed E-state index contributed by atoms with van der Waals surface area (Å²) >= 11 is 0. The quantitative estimate of drug-likeness (QED) is 0.452. The number of carbonyl (C=O) groups is 1. The first-order valence-electron chi connectivity index (χ1n) is 9.10. The molecule has 1 N–H and O–H groups in total. The first-order valence-corrected chi connectivity index (χ1v) is 9.10. The number of nitrogens with zero attached hydrogens (tertiary/aromatic N) is 1. The Bertz CT molecular complexity index is 982. The normalized spacial score (nSPS) is 11.2. The molecule has 146 valence electrons. The second-order valence-electron chi connectivity index (χ2n) is 6.16. The van der Waals surface area contributed by atoms with Crippen LogP contribution < -0.4 is 10.1 Å². The van der Waals surface area contributed by atoms with Crippen LogP contribution in [0.3, 0.4) is 0 Å². The van der Waals surface area contributed by atoms with Crippen molar-refractivity contribution in [2.45, 2.75) is 6.61 Å². The number of nitrogens with one attached hydrogen (secondary N) is 1. The maximum Gasteiger partial charge on any atom is 0.258 e. The average Bonchev–Trinajstić information content (AvgIpc) is 2.79. The fourth-order valence-electron chi connectivity index (χ4n) is 2.70. The lowest BCUT2D eigenvalue weighted by Gasteiger charge is -2.15. The molecule has 1 amide bonds. The lowest BCUT2D eigenvalue weighted by molar-refractivity contribution is 0.0911. The Kier molecular flexibility index (Phi) is 6.79. The molecule has 0 bridgehead atoms. The molecule has 0 aliphatic carbocycles. The second-order valence-corrected chi connectivity index (χ2v) is 6.16. The molecule has 5 heteroatoms. The lowest BCUT2D eigenvalue weighted by Crippen LogP contribution is -2.25. The summed E-state index contributed by atoms with van der Waals surface area (Å²) in [4.78, 5) is 16.9. The highest BCUT2D eigenvalue weighted by Gasteiger charge is 2.15. The Labute approximate surface area is 170 Å². The zero-order chi connectivity index (χ0) is 20.5. The number of aliphatic imine (C=N–C) groups is 1. The maximum atomic E-state index is 12.8. The number of ether oxygens (including phenoxy) is 2. The van der Waals surface area contributed by atoms with Crippen molar-refractivity contribution in [3.8, 4) is 5.75 Å². The monoisotopic (exact) mass is 386 g/mol. The standard InChI is InChI=1S/C24H22N2O3/c1-25-22(19-11-7-4-8-12-19)24(29-17-18-9-5-3-6-10-18)26-23(27)20-13-15-21(28-2)16-14-20/h3-16H,1,17H2,2H3,(H,26,27)/b24-22-. The number of hydrogen-bond donors (Lipinski definition) is 1. The number of hydrogen-bond acceptors (Lipinski definition) is 4. The summed E-state index contributed by atoms with van der Waals surface area (Å²) in [6.45, 7) is 3.94. The van der Waals surface area contributed by atoms with E-state index < -0.39 is 0 Å². The fraction of sp³-hybridized carbons (Fsp3) is 0.0833. The van der Waals surface area contributed by atoms with Crippen LogP contribution in [0.15, 0.2) is 95.8 Å². The van der Waals surface area contributed by atoms with Gasteiger partial charge in [0.15, 0.2) is 0 Å². The topological polar surface area (TPSA) is 59.9 Å². The molecule has 0 saturated carbocycles. The molecule has 0 radical (unpaired) electrons. The smallest absolute Gasteiger partial charge is 0.258 e. The van der Waals surface area contributed by atoms with Crippen LogP contribution in [0.4, 0.5) is 0 Å². The first kappa shape index (κ1) is 19.9. The summed E-state index contributed by atoms with van der Waals surface area (Å²) in [6.07, 6.45) is 0. The molecular weight excluding hydrogens is 364 g/mol. The molecule has 0 aliphatic rings. The van der Waals surface area contributed by atoms with Crippen molar-refractivity contribution in [3.05, 3.63) is 108 Å². The lowest BCUT2D eigenvalue weighted by atomic mass is 10.1. The number of carbonyl (C=O) groups excluding carboxylic acids is 1. The van der Waals surface area contributed by atoms with Crippen LogP contribution in [0, 0.1) is 0 Å². The minimum atomic E-state index is -0.312. The number of rotatable bonds is 8. The number of benzene rings is 3. The van der Waals surface area contributed by atoms with E-state index in [0.717, 1.165) is 11.1 Å². The van der Waals surface area contributed by atoms with E-state index in [1.54, 1.807) is 31.4 Å². The van der Waals surface area contributed by atoms with Crippen molar-refractivity contribution in [1.82, 2.24) is 5.32 Å². The zero-order valence-electron chi connectivity index (χ0n) is 16.2. The Balaban J connectivity index is 1.89. The van der Waals surface area contributed by atoms with Crippen molar-refractivity contribution < 1.29 is 14.3 Å². The van der Waals surface area contributed by atoms with Crippen LogP contribution in [-0.2, 0) is 11.3 Å². The van der Waals surface area contributed by atoms with Gasteiger partial charge in [0.05, 0.1) is 7.11 Å². The molecule has 0 saturated heterocycles. The van der Waals surface area contributed by atoms with E-state index in [-0.39, 0.29) is 18.4 Å². The zero-order valence-corrected chi connectivity index (χ0v) is 16.2. The molecule has 29 heavy (non-hydrogen) atoms. The highest BCUT2D eigenvalue weighted by Crippen LogP contribution is 2.21. The summed E-state index contributed by atoms with van der Waals surface area (Å²) in [6, 6.07) is 26.0. The van der Waals surface area contributed by atoms with Crippen molar-refractivity contribution in [1.29, 1.82) is 0 Å². The number of methoxy groups -OCH3 is 1. The van der Waals surface area contributed by atoms with Gasteiger partial charge in [-0.3, -0.25) is 15.1 Å². The summed E-state index contributed by atoms with van der Waals surface area (Å²) < 4.78 is 11.1. The number of amides is 1. The van der Waals surface area contributed by atoms with E-state index in [9.17, 15) is 4.79 Å². The van der Waals surface area contributed by atoms with Gasteiger partial charge in [0.2, 0.25) is 5.88 Å². The predicted molar refractivity (Wildman–Crippen MR) is 115 cm³/mol. The minimum absolute atomic E-state index is 0.246. The van der Waals surface area contributed by atoms with Crippen molar-refractivity contribution in [2.24, 2.45) is 4.99 Å². The molecule has 3 rings (SSSR count). The van der Waals surface area contributed by atoms with Crippen LogP contribution in [0.25, 0.3) is 5.70 Å². The van der Waals surface area contributed by atoms with E-state index in [1.165, 1.54) is 0 Å². The van der Waals surface area contributed by atoms with Gasteiger partial charge in [-0.15, -0.1) is 0 Å². The third kappa shape index (κ3) is 5.32. The van der Waals surface area contributed by atoms with Gasteiger partial charge in [-0.05, 0) is 36.5 Å². The van der Waals surface area contributed by atoms with Gasteiger partial charge < -0.3 is 9.47 Å². The van der Waals surface area contributed by atoms with Gasteiger partial charge in [-0.25, -0.2) is 0 Å². The van der Waals surface area contributed by atoms with Gasteiger partial charge in [0.1, 0.15) is 18.1 Å². The molecule has 0 atom stereocenters. The van der Waals surface area contributed by atoms with E-state index >= 15 is 0 Å². The molecule has 0 aliphatic heterocycles. The highest BCUT2D eigenvalue weighted by molar-refractivity contribution is 5.96. The molecule has 3 aromatic carbocycles. The van der Waals surface area contributed by atoms with Crippen LogP contribution in [-0.4, -0.2) is 19.7 Å². The van der Waals surface area contributed by atoms with Crippen LogP contribution >= 0.6 is 0 Å². The summed E-state index contributed by atoms with van der Waals surface area (Å²) in [5, 5.41) is 2.83. The average molecular weight is 386 g/mol. The third-order valence-electron chi connectivity index (χ3n) is 4.23. The maximum absolute atomic E-state index is 12.8.